The summed E-state index contributed by atoms with van der Waals surface area (Å²) in [4.78, 5) is 12.1. The highest BCUT2D eigenvalue weighted by molar-refractivity contribution is 7.99. The first kappa shape index (κ1) is 14.4. The van der Waals surface area contributed by atoms with E-state index in [1.54, 1.807) is 16.4 Å². The van der Waals surface area contributed by atoms with Gasteiger partial charge in [-0.15, -0.1) is 0 Å². The fraction of sp³-hybridized carbons (Fsp3) is 0.692. The number of aryl methyl sites for hydroxylation is 2. The second-order valence-corrected chi connectivity index (χ2v) is 6.40. The van der Waals surface area contributed by atoms with Crippen LogP contribution >= 0.6 is 11.8 Å². The Labute approximate surface area is 117 Å². The molecule has 1 aliphatic heterocycles. The van der Waals surface area contributed by atoms with Gasteiger partial charge in [0, 0.05) is 18.0 Å². The molecule has 6 heteroatoms. The summed E-state index contributed by atoms with van der Waals surface area (Å²) in [5.41, 5.74) is 1.13. The lowest BCUT2D eigenvalue weighted by Crippen LogP contribution is -2.44. The SMILES string of the molecule is Cc1cc(C)n(C(C)C(=O)NCC2(O)CCSC2)n1. The van der Waals surface area contributed by atoms with Crippen molar-refractivity contribution in [2.24, 2.45) is 0 Å². The lowest BCUT2D eigenvalue weighted by atomic mass is 10.0. The smallest absolute Gasteiger partial charge is 0.244 e. The number of nitrogens with one attached hydrogen (secondary N) is 1. The van der Waals surface area contributed by atoms with Crippen molar-refractivity contribution in [1.29, 1.82) is 0 Å². The van der Waals surface area contributed by atoms with Crippen LogP contribution in [0.5, 0.6) is 0 Å². The molecular weight excluding hydrogens is 262 g/mol. The summed E-state index contributed by atoms with van der Waals surface area (Å²) < 4.78 is 1.72. The first-order valence-corrected chi connectivity index (χ1v) is 7.67. The number of hydrogen-bond acceptors (Lipinski definition) is 4. The van der Waals surface area contributed by atoms with Crippen molar-refractivity contribution in [1.82, 2.24) is 15.1 Å². The monoisotopic (exact) mass is 283 g/mol. The molecule has 1 amide bonds. The van der Waals surface area contributed by atoms with Crippen molar-refractivity contribution < 1.29 is 9.90 Å². The highest BCUT2D eigenvalue weighted by atomic mass is 32.2. The molecule has 0 aliphatic carbocycles. The van der Waals surface area contributed by atoms with Crippen LogP contribution < -0.4 is 5.32 Å². The van der Waals surface area contributed by atoms with Crippen molar-refractivity contribution in [3.63, 3.8) is 0 Å². The number of thioether (sulfide) groups is 1. The van der Waals surface area contributed by atoms with E-state index >= 15 is 0 Å². The van der Waals surface area contributed by atoms with Gasteiger partial charge < -0.3 is 10.4 Å². The average Bonchev–Trinajstić information content (AvgIpc) is 2.92. The maximum Gasteiger partial charge on any atom is 0.244 e. The zero-order chi connectivity index (χ0) is 14.0. The van der Waals surface area contributed by atoms with Gasteiger partial charge in [-0.05, 0) is 39.0 Å². The van der Waals surface area contributed by atoms with Gasteiger partial charge in [0.1, 0.15) is 6.04 Å². The fourth-order valence-electron chi connectivity index (χ4n) is 2.28. The minimum atomic E-state index is -0.741. The fourth-order valence-corrected chi connectivity index (χ4v) is 3.58. The van der Waals surface area contributed by atoms with Gasteiger partial charge in [0.05, 0.1) is 11.3 Å². The second kappa shape index (κ2) is 5.54. The number of hydrogen-bond donors (Lipinski definition) is 2. The maximum atomic E-state index is 12.1. The van der Waals surface area contributed by atoms with Gasteiger partial charge in [0.15, 0.2) is 0 Å². The highest BCUT2D eigenvalue weighted by Gasteiger charge is 2.32. The summed E-state index contributed by atoms with van der Waals surface area (Å²) in [6.45, 7) is 5.99. The number of rotatable bonds is 4. The number of amides is 1. The van der Waals surface area contributed by atoms with Crippen LogP contribution in [0, 0.1) is 13.8 Å². The zero-order valence-corrected chi connectivity index (χ0v) is 12.5. The van der Waals surface area contributed by atoms with E-state index in [0.29, 0.717) is 12.3 Å². The lowest BCUT2D eigenvalue weighted by Gasteiger charge is -2.23. The van der Waals surface area contributed by atoms with Crippen molar-refractivity contribution in [2.75, 3.05) is 18.1 Å². The predicted molar refractivity (Wildman–Crippen MR) is 76.3 cm³/mol. The van der Waals surface area contributed by atoms with E-state index in [0.717, 1.165) is 23.6 Å². The van der Waals surface area contributed by atoms with Gasteiger partial charge >= 0.3 is 0 Å². The van der Waals surface area contributed by atoms with E-state index in [-0.39, 0.29) is 11.9 Å². The number of nitrogens with zero attached hydrogens (tertiary/aromatic N) is 2. The van der Waals surface area contributed by atoms with Crippen LogP contribution in [0.15, 0.2) is 6.07 Å². The summed E-state index contributed by atoms with van der Waals surface area (Å²) in [5, 5.41) is 17.3. The molecule has 1 aliphatic rings. The molecule has 5 nitrogen and oxygen atoms in total. The van der Waals surface area contributed by atoms with Gasteiger partial charge in [-0.1, -0.05) is 0 Å². The van der Waals surface area contributed by atoms with Gasteiger partial charge in [0.2, 0.25) is 5.91 Å². The van der Waals surface area contributed by atoms with E-state index in [1.165, 1.54) is 0 Å². The van der Waals surface area contributed by atoms with E-state index in [9.17, 15) is 9.90 Å². The van der Waals surface area contributed by atoms with Gasteiger partial charge in [-0.2, -0.15) is 16.9 Å². The van der Waals surface area contributed by atoms with Crippen LogP contribution in [0.1, 0.15) is 30.8 Å². The summed E-state index contributed by atoms with van der Waals surface area (Å²) in [6.07, 6.45) is 0.742. The topological polar surface area (TPSA) is 67.2 Å². The number of aliphatic hydroxyl groups is 1. The van der Waals surface area contributed by atoms with Gasteiger partial charge in [-0.3, -0.25) is 9.48 Å². The van der Waals surface area contributed by atoms with Crippen LogP contribution in [0.4, 0.5) is 0 Å². The molecule has 2 heterocycles. The molecule has 2 N–H and O–H groups in total. The van der Waals surface area contributed by atoms with Crippen molar-refractivity contribution in [2.45, 2.75) is 38.8 Å². The maximum absolute atomic E-state index is 12.1. The Kier molecular flexibility index (Phi) is 4.20. The standard InChI is InChI=1S/C13H21N3O2S/c1-9-6-10(2)16(15-9)11(3)12(17)14-7-13(18)4-5-19-8-13/h6,11,18H,4-5,7-8H2,1-3H3,(H,14,17). The number of aromatic nitrogens is 2. The quantitative estimate of drug-likeness (QED) is 0.866. The third kappa shape index (κ3) is 3.30. The summed E-state index contributed by atoms with van der Waals surface area (Å²) in [5.74, 6) is 1.55. The first-order valence-electron chi connectivity index (χ1n) is 6.52. The molecule has 1 fully saturated rings. The van der Waals surface area contributed by atoms with E-state index in [4.69, 9.17) is 0 Å². The third-order valence-corrected chi connectivity index (χ3v) is 4.70. The normalized spacial score (nSPS) is 24.4. The molecule has 19 heavy (non-hydrogen) atoms. The zero-order valence-electron chi connectivity index (χ0n) is 11.6. The molecule has 106 valence electrons. The summed E-state index contributed by atoms with van der Waals surface area (Å²) in [6, 6.07) is 1.59. The average molecular weight is 283 g/mol. The molecule has 0 spiro atoms. The van der Waals surface area contributed by atoms with Crippen molar-refractivity contribution in [3.8, 4) is 0 Å². The van der Waals surface area contributed by atoms with Crippen LogP contribution in [0.25, 0.3) is 0 Å². The number of carbonyl (C=O) groups is 1. The molecule has 0 aromatic carbocycles. The number of carbonyl (C=O) groups excluding carboxylic acids is 1. The molecule has 1 aromatic heterocycles. The van der Waals surface area contributed by atoms with E-state index in [2.05, 4.69) is 10.4 Å². The first-order chi connectivity index (χ1) is 8.91. The van der Waals surface area contributed by atoms with E-state index < -0.39 is 5.60 Å². The Bertz CT molecular complexity index is 466. The van der Waals surface area contributed by atoms with Crippen LogP contribution in [-0.4, -0.2) is 44.4 Å². The van der Waals surface area contributed by atoms with Crippen molar-refractivity contribution in [3.05, 3.63) is 17.5 Å². The van der Waals surface area contributed by atoms with E-state index in [1.807, 2.05) is 26.8 Å². The Morgan fingerprint density at radius 3 is 2.95 bits per heavy atom. The molecule has 0 saturated carbocycles. The predicted octanol–water partition coefficient (Wildman–Crippen LogP) is 1.05. The molecule has 1 aromatic rings. The summed E-state index contributed by atoms with van der Waals surface area (Å²) >= 11 is 1.72. The van der Waals surface area contributed by atoms with Crippen LogP contribution in [0.2, 0.25) is 0 Å². The third-order valence-electron chi connectivity index (χ3n) is 3.47. The lowest BCUT2D eigenvalue weighted by molar-refractivity contribution is -0.125. The molecular formula is C13H21N3O2S. The van der Waals surface area contributed by atoms with Gasteiger partial charge in [-0.25, -0.2) is 0 Å². The molecule has 2 atom stereocenters. The Morgan fingerprint density at radius 1 is 1.68 bits per heavy atom. The van der Waals surface area contributed by atoms with Crippen LogP contribution in [-0.2, 0) is 4.79 Å². The Balaban J connectivity index is 1.94. The molecule has 2 rings (SSSR count). The minimum absolute atomic E-state index is 0.100. The van der Waals surface area contributed by atoms with Crippen LogP contribution in [0.3, 0.4) is 0 Å². The van der Waals surface area contributed by atoms with Crippen molar-refractivity contribution >= 4 is 17.7 Å². The molecule has 1 saturated heterocycles. The summed E-state index contributed by atoms with van der Waals surface area (Å²) in [7, 11) is 0. The molecule has 0 radical (unpaired) electrons. The molecule has 0 bridgehead atoms. The minimum Gasteiger partial charge on any atom is -0.387 e. The molecule has 2 unspecified atom stereocenters. The highest BCUT2D eigenvalue weighted by Crippen LogP contribution is 2.27. The van der Waals surface area contributed by atoms with Gasteiger partial charge in [0.25, 0.3) is 0 Å². The Hall–Kier alpha value is -1.01. The Morgan fingerprint density at radius 2 is 2.42 bits per heavy atom. The largest absolute Gasteiger partial charge is 0.387 e. The second-order valence-electron chi connectivity index (χ2n) is 5.29.